The Morgan fingerprint density at radius 1 is 1.07 bits per heavy atom. The van der Waals surface area contributed by atoms with Crippen molar-refractivity contribution < 1.29 is 4.43 Å². The number of rotatable bonds is 2. The average Bonchev–Trinajstić information content (AvgIpc) is 2.27. The fourth-order valence-electron chi connectivity index (χ4n) is 1.78. The van der Waals surface area contributed by atoms with Gasteiger partial charge in [0.25, 0.3) is 0 Å². The van der Waals surface area contributed by atoms with E-state index in [1.165, 1.54) is 0 Å². The smallest absolute Gasteiger partial charge is 0.192 e. The summed E-state index contributed by atoms with van der Waals surface area (Å²) in [6, 6.07) is 0. The Kier molecular flexibility index (Phi) is 3.51. The molecule has 0 aromatic rings. The normalized spacial score (nSPS) is 20.2. The van der Waals surface area contributed by atoms with Crippen LogP contribution in [0.3, 0.4) is 0 Å². The van der Waals surface area contributed by atoms with Crippen LogP contribution in [0.4, 0.5) is 0 Å². The SMILES string of the molecule is CC1=C(C)CC(O[Si](C)(C)C(C)(C)C)C1. The minimum atomic E-state index is -1.56. The summed E-state index contributed by atoms with van der Waals surface area (Å²) in [5.41, 5.74) is 3.08. The maximum atomic E-state index is 6.40. The van der Waals surface area contributed by atoms with Crippen LogP contribution in [0.2, 0.25) is 18.1 Å². The molecule has 0 spiro atoms. The van der Waals surface area contributed by atoms with Crippen molar-refractivity contribution in [3.05, 3.63) is 11.1 Å². The van der Waals surface area contributed by atoms with Crippen molar-refractivity contribution in [2.24, 2.45) is 0 Å². The molecule has 0 heterocycles. The van der Waals surface area contributed by atoms with Gasteiger partial charge >= 0.3 is 0 Å². The molecule has 0 aliphatic heterocycles. The molecule has 0 fully saturated rings. The molecule has 1 rings (SSSR count). The first-order valence-electron chi connectivity index (χ1n) is 5.96. The van der Waals surface area contributed by atoms with Gasteiger partial charge in [0.15, 0.2) is 8.32 Å². The van der Waals surface area contributed by atoms with Gasteiger partial charge in [0.1, 0.15) is 0 Å². The molecular weight excluding hydrogens is 200 g/mol. The molecule has 0 radical (unpaired) electrons. The van der Waals surface area contributed by atoms with Crippen molar-refractivity contribution in [1.29, 1.82) is 0 Å². The molecule has 0 atom stereocenters. The Bertz CT molecular complexity index is 257. The lowest BCUT2D eigenvalue weighted by molar-refractivity contribution is 0.191. The Morgan fingerprint density at radius 3 is 1.80 bits per heavy atom. The van der Waals surface area contributed by atoms with Crippen molar-refractivity contribution in [2.45, 2.75) is 71.7 Å². The fourth-order valence-corrected chi connectivity index (χ4v) is 3.13. The van der Waals surface area contributed by atoms with E-state index in [4.69, 9.17) is 4.43 Å². The van der Waals surface area contributed by atoms with Crippen molar-refractivity contribution in [3.63, 3.8) is 0 Å². The van der Waals surface area contributed by atoms with E-state index >= 15 is 0 Å². The minimum absolute atomic E-state index is 0.331. The minimum Gasteiger partial charge on any atom is -0.413 e. The van der Waals surface area contributed by atoms with Crippen LogP contribution in [-0.2, 0) is 4.43 Å². The molecule has 0 unspecified atom stereocenters. The third-order valence-electron chi connectivity index (χ3n) is 4.06. The van der Waals surface area contributed by atoms with Crippen molar-refractivity contribution in [2.75, 3.05) is 0 Å². The molecule has 0 amide bonds. The lowest BCUT2D eigenvalue weighted by Gasteiger charge is -2.38. The summed E-state index contributed by atoms with van der Waals surface area (Å²) >= 11 is 0. The Labute approximate surface area is 96.0 Å². The van der Waals surface area contributed by atoms with Crippen LogP contribution >= 0.6 is 0 Å². The molecule has 0 N–H and O–H groups in total. The van der Waals surface area contributed by atoms with Crippen LogP contribution in [0.1, 0.15) is 47.5 Å². The fraction of sp³-hybridized carbons (Fsp3) is 0.846. The predicted molar refractivity (Wildman–Crippen MR) is 69.7 cm³/mol. The van der Waals surface area contributed by atoms with Gasteiger partial charge in [-0.05, 0) is 44.8 Å². The highest BCUT2D eigenvalue weighted by Gasteiger charge is 2.39. The third kappa shape index (κ3) is 2.94. The summed E-state index contributed by atoms with van der Waals surface area (Å²) < 4.78 is 6.40. The van der Waals surface area contributed by atoms with Gasteiger partial charge in [-0.3, -0.25) is 0 Å². The van der Waals surface area contributed by atoms with E-state index in [2.05, 4.69) is 47.7 Å². The molecule has 0 aromatic carbocycles. The maximum absolute atomic E-state index is 6.40. The molecule has 88 valence electrons. The zero-order valence-electron chi connectivity index (χ0n) is 11.4. The summed E-state index contributed by atoms with van der Waals surface area (Å²) in [5, 5.41) is 0.331. The summed E-state index contributed by atoms with van der Waals surface area (Å²) in [4.78, 5) is 0. The quantitative estimate of drug-likeness (QED) is 0.497. The first-order chi connectivity index (χ1) is 6.63. The highest BCUT2D eigenvalue weighted by atomic mass is 28.4. The monoisotopic (exact) mass is 226 g/mol. The van der Waals surface area contributed by atoms with Gasteiger partial charge < -0.3 is 4.43 Å². The molecule has 0 saturated heterocycles. The van der Waals surface area contributed by atoms with Gasteiger partial charge in [-0.1, -0.05) is 31.9 Å². The molecule has 1 aliphatic carbocycles. The Balaban J connectivity index is 2.59. The molecule has 1 aliphatic rings. The second kappa shape index (κ2) is 4.06. The van der Waals surface area contributed by atoms with E-state index in [0.29, 0.717) is 11.1 Å². The summed E-state index contributed by atoms with van der Waals surface area (Å²) in [6.07, 6.45) is 2.77. The van der Waals surface area contributed by atoms with Crippen LogP contribution in [0, 0.1) is 0 Å². The zero-order chi connectivity index (χ0) is 11.9. The van der Waals surface area contributed by atoms with Gasteiger partial charge in [0.05, 0.1) is 6.10 Å². The lowest BCUT2D eigenvalue weighted by atomic mass is 10.2. The van der Waals surface area contributed by atoms with Crippen LogP contribution in [0.25, 0.3) is 0 Å². The van der Waals surface area contributed by atoms with Crippen LogP contribution < -0.4 is 0 Å². The van der Waals surface area contributed by atoms with Crippen LogP contribution in [0.15, 0.2) is 11.1 Å². The number of hydrogen-bond acceptors (Lipinski definition) is 1. The van der Waals surface area contributed by atoms with Crippen molar-refractivity contribution in [1.82, 2.24) is 0 Å². The lowest BCUT2D eigenvalue weighted by Crippen LogP contribution is -2.43. The summed E-state index contributed by atoms with van der Waals surface area (Å²) in [5.74, 6) is 0. The number of hydrogen-bond donors (Lipinski definition) is 0. The van der Waals surface area contributed by atoms with E-state index in [1.54, 1.807) is 11.1 Å². The summed E-state index contributed by atoms with van der Waals surface area (Å²) in [7, 11) is -1.56. The zero-order valence-corrected chi connectivity index (χ0v) is 12.4. The molecule has 0 aromatic heterocycles. The van der Waals surface area contributed by atoms with Crippen LogP contribution in [0.5, 0.6) is 0 Å². The van der Waals surface area contributed by atoms with Crippen molar-refractivity contribution >= 4 is 8.32 Å². The average molecular weight is 226 g/mol. The Morgan fingerprint density at radius 2 is 1.47 bits per heavy atom. The first-order valence-corrected chi connectivity index (χ1v) is 8.87. The highest BCUT2D eigenvalue weighted by molar-refractivity contribution is 6.74. The molecular formula is C13H26OSi. The van der Waals surface area contributed by atoms with E-state index < -0.39 is 8.32 Å². The topological polar surface area (TPSA) is 9.23 Å². The second-order valence-corrected chi connectivity index (χ2v) is 11.2. The predicted octanol–water partition coefficient (Wildman–Crippen LogP) is 4.51. The van der Waals surface area contributed by atoms with E-state index in [9.17, 15) is 0 Å². The van der Waals surface area contributed by atoms with Gasteiger partial charge in [-0.25, -0.2) is 0 Å². The van der Waals surface area contributed by atoms with E-state index in [0.717, 1.165) is 12.8 Å². The van der Waals surface area contributed by atoms with Gasteiger partial charge in [0, 0.05) is 0 Å². The van der Waals surface area contributed by atoms with Crippen LogP contribution in [-0.4, -0.2) is 14.4 Å². The summed E-state index contributed by atoms with van der Waals surface area (Å²) in [6.45, 7) is 16.1. The maximum Gasteiger partial charge on any atom is 0.192 e. The Hall–Kier alpha value is -0.0831. The highest BCUT2D eigenvalue weighted by Crippen LogP contribution is 2.40. The van der Waals surface area contributed by atoms with Gasteiger partial charge in [-0.2, -0.15) is 0 Å². The molecule has 2 heteroatoms. The molecule has 0 bridgehead atoms. The molecule has 0 saturated carbocycles. The van der Waals surface area contributed by atoms with E-state index in [-0.39, 0.29) is 0 Å². The van der Waals surface area contributed by atoms with Gasteiger partial charge in [-0.15, -0.1) is 0 Å². The van der Waals surface area contributed by atoms with E-state index in [1.807, 2.05) is 0 Å². The first kappa shape index (κ1) is 13.0. The standard InChI is InChI=1S/C13H26OSi/c1-10-8-12(9-11(10)2)14-15(6,7)13(3,4)5/h12H,8-9H2,1-7H3. The van der Waals surface area contributed by atoms with Gasteiger partial charge in [0.2, 0.25) is 0 Å². The molecule has 1 nitrogen and oxygen atoms in total. The van der Waals surface area contributed by atoms with Crippen molar-refractivity contribution in [3.8, 4) is 0 Å². The second-order valence-electron chi connectivity index (χ2n) is 6.47. The molecule has 15 heavy (non-hydrogen) atoms. The largest absolute Gasteiger partial charge is 0.413 e. The third-order valence-corrected chi connectivity index (χ3v) is 8.60.